The lowest BCUT2D eigenvalue weighted by atomic mass is 10.1. The Kier molecular flexibility index (Phi) is 7.55. The number of anilines is 1. The second kappa shape index (κ2) is 10.4. The molecule has 2 aliphatic rings. The van der Waals surface area contributed by atoms with Crippen molar-refractivity contribution < 1.29 is 14.3 Å². The molecule has 10 heteroatoms. The van der Waals surface area contributed by atoms with E-state index in [-0.39, 0.29) is 23.3 Å². The molecule has 0 saturated heterocycles. The van der Waals surface area contributed by atoms with Gasteiger partial charge in [0.2, 0.25) is 5.91 Å². The molecule has 1 N–H and O–H groups in total. The molecule has 2 aromatic rings. The van der Waals surface area contributed by atoms with Crippen LogP contribution in [0.25, 0.3) is 0 Å². The highest BCUT2D eigenvalue weighted by Gasteiger charge is 2.28. The van der Waals surface area contributed by atoms with E-state index < -0.39 is 0 Å². The van der Waals surface area contributed by atoms with Crippen molar-refractivity contribution in [2.24, 2.45) is 0 Å². The van der Waals surface area contributed by atoms with E-state index in [1.807, 2.05) is 19.0 Å². The van der Waals surface area contributed by atoms with E-state index in [0.717, 1.165) is 66.8 Å². The topological polar surface area (TPSA) is 93.5 Å². The number of carbonyl (C=O) groups is 2. The van der Waals surface area contributed by atoms with Gasteiger partial charge in [0.15, 0.2) is 0 Å². The van der Waals surface area contributed by atoms with Crippen LogP contribution in [0.4, 0.5) is 5.00 Å². The molecule has 0 aromatic carbocycles. The van der Waals surface area contributed by atoms with Gasteiger partial charge in [0.05, 0.1) is 17.9 Å². The molecule has 8 nitrogen and oxygen atoms in total. The van der Waals surface area contributed by atoms with Gasteiger partial charge in [0.1, 0.15) is 10.0 Å². The number of thioether (sulfide) groups is 1. The minimum Gasteiger partial charge on any atom is -0.462 e. The molecule has 0 unspecified atom stereocenters. The van der Waals surface area contributed by atoms with Crippen LogP contribution in [0.15, 0.2) is 9.82 Å². The summed E-state index contributed by atoms with van der Waals surface area (Å²) in [7, 11) is 3.97. The number of thiophene rings is 1. The van der Waals surface area contributed by atoms with Crippen molar-refractivity contribution in [3.63, 3.8) is 0 Å². The number of aryl methyl sites for hydroxylation is 1. The van der Waals surface area contributed by atoms with Crippen molar-refractivity contribution in [1.82, 2.24) is 14.5 Å². The average molecular weight is 491 g/mol. The van der Waals surface area contributed by atoms with Crippen LogP contribution < -0.4 is 11.0 Å². The highest BCUT2D eigenvalue weighted by molar-refractivity contribution is 8.00. The van der Waals surface area contributed by atoms with Crippen LogP contribution in [0.5, 0.6) is 0 Å². The van der Waals surface area contributed by atoms with E-state index in [1.165, 1.54) is 23.1 Å². The third-order valence-corrected chi connectivity index (χ3v) is 8.19. The van der Waals surface area contributed by atoms with E-state index >= 15 is 0 Å². The fraction of sp³-hybridized carbons (Fsp3) is 0.565. The molecular formula is C23H30N4O4S2. The van der Waals surface area contributed by atoms with Crippen molar-refractivity contribution in [2.45, 2.75) is 57.0 Å². The normalized spacial score (nSPS) is 14.4. The number of hydrogen-bond donors (Lipinski definition) is 1. The molecule has 0 bridgehead atoms. The summed E-state index contributed by atoms with van der Waals surface area (Å²) in [6.07, 6.45) is 5.52. The first kappa shape index (κ1) is 24.0. The van der Waals surface area contributed by atoms with Crippen LogP contribution in [0.1, 0.15) is 51.8 Å². The lowest BCUT2D eigenvalue weighted by molar-refractivity contribution is -0.113. The zero-order valence-corrected chi connectivity index (χ0v) is 21.0. The molecule has 1 amide bonds. The Labute approximate surface area is 201 Å². The summed E-state index contributed by atoms with van der Waals surface area (Å²) in [4.78, 5) is 45.5. The van der Waals surface area contributed by atoms with Gasteiger partial charge in [0.25, 0.3) is 0 Å². The fourth-order valence-corrected chi connectivity index (χ4v) is 6.61. The van der Waals surface area contributed by atoms with E-state index in [1.54, 1.807) is 11.5 Å². The molecule has 0 aliphatic heterocycles. The summed E-state index contributed by atoms with van der Waals surface area (Å²) in [6.45, 7) is 3.46. The van der Waals surface area contributed by atoms with Gasteiger partial charge in [-0.3, -0.25) is 9.36 Å². The number of ether oxygens (including phenoxy) is 1. The zero-order valence-electron chi connectivity index (χ0n) is 19.4. The molecule has 0 atom stereocenters. The largest absolute Gasteiger partial charge is 0.462 e. The smallest absolute Gasteiger partial charge is 0.348 e. The lowest BCUT2D eigenvalue weighted by Gasteiger charge is -2.16. The number of nitrogens with one attached hydrogen (secondary N) is 1. The van der Waals surface area contributed by atoms with Gasteiger partial charge in [-0.2, -0.15) is 4.98 Å². The summed E-state index contributed by atoms with van der Waals surface area (Å²) in [5.74, 6) is -0.456. The molecule has 0 saturated carbocycles. The maximum atomic E-state index is 12.8. The molecule has 0 fully saturated rings. The third kappa shape index (κ3) is 5.17. The van der Waals surface area contributed by atoms with Crippen molar-refractivity contribution >= 4 is 40.0 Å². The Morgan fingerprint density at radius 2 is 1.94 bits per heavy atom. The second-order valence-electron chi connectivity index (χ2n) is 8.55. The Bertz CT molecular complexity index is 1120. The van der Waals surface area contributed by atoms with E-state index in [2.05, 4.69) is 10.3 Å². The van der Waals surface area contributed by atoms with Gasteiger partial charge >= 0.3 is 11.7 Å². The number of hydrogen-bond acceptors (Lipinski definition) is 8. The molecule has 33 heavy (non-hydrogen) atoms. The minimum absolute atomic E-state index is 0.130. The quantitative estimate of drug-likeness (QED) is 0.328. The molecular weight excluding hydrogens is 460 g/mol. The number of nitrogens with zero attached hydrogens (tertiary/aromatic N) is 3. The molecule has 2 heterocycles. The van der Waals surface area contributed by atoms with Crippen molar-refractivity contribution in [3.8, 4) is 0 Å². The molecule has 2 aliphatic carbocycles. The van der Waals surface area contributed by atoms with E-state index in [9.17, 15) is 14.4 Å². The van der Waals surface area contributed by atoms with Crippen LogP contribution in [0, 0.1) is 0 Å². The van der Waals surface area contributed by atoms with Gasteiger partial charge in [-0.15, -0.1) is 11.3 Å². The molecule has 4 rings (SSSR count). The number of amides is 1. The molecule has 0 spiro atoms. The highest BCUT2D eigenvalue weighted by Crippen LogP contribution is 2.39. The molecule has 178 valence electrons. The van der Waals surface area contributed by atoms with Crippen molar-refractivity contribution in [3.05, 3.63) is 37.7 Å². The summed E-state index contributed by atoms with van der Waals surface area (Å²) in [5.41, 5.74) is 3.42. The SMILES string of the molecule is CCOC(=O)c1c(NC(=O)CSc2nc(=O)n(CCN(C)C)c3c2CCC3)sc2c1CCC2. The predicted molar refractivity (Wildman–Crippen MR) is 131 cm³/mol. The Balaban J connectivity index is 1.47. The maximum absolute atomic E-state index is 12.8. The van der Waals surface area contributed by atoms with Crippen molar-refractivity contribution in [1.29, 1.82) is 0 Å². The first-order valence-corrected chi connectivity index (χ1v) is 13.2. The number of esters is 1. The van der Waals surface area contributed by atoms with Crippen LogP contribution >= 0.6 is 23.1 Å². The van der Waals surface area contributed by atoms with Gasteiger partial charge < -0.3 is 15.0 Å². The van der Waals surface area contributed by atoms with Crippen LogP contribution in [0.2, 0.25) is 0 Å². The Morgan fingerprint density at radius 1 is 1.18 bits per heavy atom. The van der Waals surface area contributed by atoms with Gasteiger partial charge in [0, 0.05) is 29.2 Å². The van der Waals surface area contributed by atoms with Gasteiger partial charge in [-0.1, -0.05) is 11.8 Å². The third-order valence-electron chi connectivity index (χ3n) is 5.97. The number of likely N-dealkylation sites (N-methyl/N-ethyl adjacent to an activating group) is 1. The lowest BCUT2D eigenvalue weighted by Crippen LogP contribution is -2.31. The summed E-state index contributed by atoms with van der Waals surface area (Å²) in [5, 5.41) is 4.14. The van der Waals surface area contributed by atoms with Gasteiger partial charge in [-0.05, 0) is 65.1 Å². The van der Waals surface area contributed by atoms with Crippen LogP contribution in [0.3, 0.4) is 0 Å². The van der Waals surface area contributed by atoms with Crippen molar-refractivity contribution in [2.75, 3.05) is 38.3 Å². The maximum Gasteiger partial charge on any atom is 0.348 e. The Morgan fingerprint density at radius 3 is 2.70 bits per heavy atom. The Hall–Kier alpha value is -2.17. The molecule has 2 aromatic heterocycles. The predicted octanol–water partition coefficient (Wildman–Crippen LogP) is 2.75. The first-order valence-electron chi connectivity index (χ1n) is 11.4. The van der Waals surface area contributed by atoms with E-state index in [0.29, 0.717) is 28.7 Å². The summed E-state index contributed by atoms with van der Waals surface area (Å²) in [6, 6.07) is 0. The number of aromatic nitrogens is 2. The number of rotatable bonds is 9. The number of carbonyl (C=O) groups excluding carboxylic acids is 2. The first-order chi connectivity index (χ1) is 15.9. The summed E-state index contributed by atoms with van der Waals surface area (Å²) >= 11 is 2.77. The van der Waals surface area contributed by atoms with Gasteiger partial charge in [-0.25, -0.2) is 9.59 Å². The molecule has 0 radical (unpaired) electrons. The highest BCUT2D eigenvalue weighted by atomic mass is 32.2. The van der Waals surface area contributed by atoms with E-state index in [4.69, 9.17) is 4.74 Å². The fourth-order valence-electron chi connectivity index (χ4n) is 4.44. The second-order valence-corrected chi connectivity index (χ2v) is 10.6. The number of fused-ring (bicyclic) bond motifs is 2. The monoisotopic (exact) mass is 490 g/mol. The summed E-state index contributed by atoms with van der Waals surface area (Å²) < 4.78 is 7.02. The van der Waals surface area contributed by atoms with Crippen LogP contribution in [-0.4, -0.2) is 59.3 Å². The zero-order chi connectivity index (χ0) is 23.5. The standard InChI is InChI=1S/C23H30N4O4S2/c1-4-31-22(29)19-15-8-6-10-17(15)33-21(19)24-18(28)13-32-20-14-7-5-9-16(14)27(23(30)25-20)12-11-26(2)3/h4-13H2,1-3H3,(H,24,28). The van der Waals surface area contributed by atoms with Crippen LogP contribution in [-0.2, 0) is 41.8 Å². The minimum atomic E-state index is -0.374. The average Bonchev–Trinajstić information content (AvgIpc) is 3.47.